The van der Waals surface area contributed by atoms with Gasteiger partial charge in [-0.15, -0.1) is 0 Å². The topological polar surface area (TPSA) is 91.5 Å². The van der Waals surface area contributed by atoms with Gasteiger partial charge in [-0.2, -0.15) is 0 Å². The number of nitrogens with two attached hydrogens (primary N) is 1. The van der Waals surface area contributed by atoms with Crippen LogP contribution in [0.5, 0.6) is 0 Å². The Hall–Kier alpha value is -2.84. The highest BCUT2D eigenvalue weighted by atomic mass is 19.1. The van der Waals surface area contributed by atoms with E-state index in [1.807, 2.05) is 29.2 Å². The molecule has 3 aliphatic rings. The van der Waals surface area contributed by atoms with Crippen LogP contribution in [0.4, 0.5) is 14.6 Å². The molecule has 5 rings (SSSR count). The number of aromatic nitrogens is 1. The highest BCUT2D eigenvalue weighted by Gasteiger charge is 2.53. The maximum atomic E-state index is 13.1. The van der Waals surface area contributed by atoms with E-state index >= 15 is 0 Å². The minimum atomic E-state index is -0.679. The summed E-state index contributed by atoms with van der Waals surface area (Å²) in [4.78, 5) is 19.0. The van der Waals surface area contributed by atoms with Crippen LogP contribution in [0.15, 0.2) is 48.2 Å². The van der Waals surface area contributed by atoms with Gasteiger partial charge in [0.15, 0.2) is 0 Å². The Labute approximate surface area is 197 Å². The van der Waals surface area contributed by atoms with Crippen LogP contribution in [-0.4, -0.2) is 65.5 Å². The molecule has 2 fully saturated rings. The maximum absolute atomic E-state index is 13.1. The van der Waals surface area contributed by atoms with E-state index in [4.69, 9.17) is 5.73 Å². The highest BCUT2D eigenvalue weighted by Crippen LogP contribution is 2.52. The van der Waals surface area contributed by atoms with Crippen molar-refractivity contribution in [2.75, 3.05) is 32.2 Å². The van der Waals surface area contributed by atoms with Crippen molar-refractivity contribution in [1.29, 1.82) is 0 Å². The number of carbonyl (C=O) groups excluding carboxylic acids is 1. The molecule has 180 valence electrons. The molecule has 2 aromatic rings. The number of alkyl halides is 2. The Balaban J connectivity index is 1.29. The van der Waals surface area contributed by atoms with E-state index in [-0.39, 0.29) is 29.3 Å². The summed E-state index contributed by atoms with van der Waals surface area (Å²) in [5.74, 6) is -0.0716. The van der Waals surface area contributed by atoms with Gasteiger partial charge in [0, 0.05) is 36.3 Å². The molecule has 1 atom stereocenters. The molecule has 2 heterocycles. The molecule has 0 unspecified atom stereocenters. The Morgan fingerprint density at radius 1 is 1.18 bits per heavy atom. The first-order valence-electron chi connectivity index (χ1n) is 11.9. The molecular weight excluding hydrogens is 438 g/mol. The van der Waals surface area contributed by atoms with Crippen molar-refractivity contribution in [2.45, 2.75) is 49.3 Å². The van der Waals surface area contributed by atoms with Gasteiger partial charge in [0.1, 0.15) is 19.2 Å². The molecule has 1 aliphatic heterocycles. The lowest BCUT2D eigenvalue weighted by molar-refractivity contribution is 0.0868. The molecule has 8 heteroatoms. The molecule has 1 aromatic heterocycles. The van der Waals surface area contributed by atoms with Crippen LogP contribution >= 0.6 is 0 Å². The monoisotopic (exact) mass is 468 g/mol. The number of fused-ring (bicyclic) bond motifs is 1. The minimum absolute atomic E-state index is 0.0260. The zero-order chi connectivity index (χ0) is 23.9. The summed E-state index contributed by atoms with van der Waals surface area (Å²) in [6, 6.07) is 9.14. The van der Waals surface area contributed by atoms with E-state index in [1.54, 1.807) is 12.3 Å². The van der Waals surface area contributed by atoms with Crippen molar-refractivity contribution < 1.29 is 18.7 Å². The molecule has 6 nitrogen and oxygen atoms in total. The SMILES string of the molecule is Nc1ncc(-c2ccc([C@]34C=C3CN(C(CF)CF)C4)cc2)cc1C(=O)NC1CCC(O)CC1. The summed E-state index contributed by atoms with van der Waals surface area (Å²) in [5.41, 5.74) is 10.2. The van der Waals surface area contributed by atoms with Gasteiger partial charge in [0.25, 0.3) is 5.91 Å². The number of anilines is 1. The van der Waals surface area contributed by atoms with Gasteiger partial charge in [-0.1, -0.05) is 30.3 Å². The van der Waals surface area contributed by atoms with Crippen LogP contribution in [0, 0.1) is 0 Å². The van der Waals surface area contributed by atoms with Crippen LogP contribution < -0.4 is 11.1 Å². The Kier molecular flexibility index (Phi) is 6.12. The largest absolute Gasteiger partial charge is 0.393 e. The van der Waals surface area contributed by atoms with Gasteiger partial charge in [-0.05, 0) is 48.4 Å². The van der Waals surface area contributed by atoms with Crippen molar-refractivity contribution in [1.82, 2.24) is 15.2 Å². The number of pyridine rings is 1. The molecule has 1 aromatic carbocycles. The number of benzene rings is 1. The second kappa shape index (κ2) is 9.07. The fraction of sp³-hybridized carbons (Fsp3) is 0.462. The third-order valence-corrected chi connectivity index (χ3v) is 7.54. The van der Waals surface area contributed by atoms with Crippen molar-refractivity contribution >= 4 is 11.7 Å². The van der Waals surface area contributed by atoms with E-state index < -0.39 is 19.4 Å². The van der Waals surface area contributed by atoms with Crippen molar-refractivity contribution in [3.8, 4) is 11.1 Å². The molecule has 0 bridgehead atoms. The third kappa shape index (κ3) is 4.20. The zero-order valence-electron chi connectivity index (χ0n) is 19.0. The number of hydrogen-bond acceptors (Lipinski definition) is 5. The number of hydrogen-bond donors (Lipinski definition) is 3. The minimum Gasteiger partial charge on any atom is -0.393 e. The first kappa shape index (κ1) is 22.9. The third-order valence-electron chi connectivity index (χ3n) is 7.54. The second-order valence-corrected chi connectivity index (χ2v) is 9.72. The molecule has 1 saturated heterocycles. The van der Waals surface area contributed by atoms with Crippen molar-refractivity contribution in [2.24, 2.45) is 0 Å². The summed E-state index contributed by atoms with van der Waals surface area (Å²) in [5, 5.41) is 12.7. The Bertz CT molecular complexity index is 1090. The van der Waals surface area contributed by atoms with Gasteiger partial charge in [-0.25, -0.2) is 13.8 Å². The Morgan fingerprint density at radius 2 is 1.88 bits per heavy atom. The predicted molar refractivity (Wildman–Crippen MR) is 127 cm³/mol. The summed E-state index contributed by atoms with van der Waals surface area (Å²) < 4.78 is 26.3. The number of rotatable bonds is 7. The lowest BCUT2D eigenvalue weighted by atomic mass is 9.90. The van der Waals surface area contributed by atoms with E-state index in [9.17, 15) is 18.7 Å². The zero-order valence-corrected chi connectivity index (χ0v) is 19.0. The van der Waals surface area contributed by atoms with Gasteiger partial charge in [-0.3, -0.25) is 9.69 Å². The first-order valence-corrected chi connectivity index (χ1v) is 11.9. The normalized spacial score (nSPS) is 26.3. The van der Waals surface area contributed by atoms with Gasteiger partial charge in [0.2, 0.25) is 0 Å². The number of nitrogens with zero attached hydrogens (tertiary/aromatic N) is 2. The molecule has 2 aliphatic carbocycles. The number of aliphatic hydroxyl groups is 1. The summed E-state index contributed by atoms with van der Waals surface area (Å²) in [6.45, 7) is -0.143. The number of halogens is 2. The van der Waals surface area contributed by atoms with E-state index in [0.29, 0.717) is 31.5 Å². The average molecular weight is 469 g/mol. The molecule has 34 heavy (non-hydrogen) atoms. The summed E-state index contributed by atoms with van der Waals surface area (Å²) in [6.07, 6.45) is 6.41. The van der Waals surface area contributed by atoms with Crippen LogP contribution in [0.2, 0.25) is 0 Å². The number of aliphatic hydroxyl groups excluding tert-OH is 1. The van der Waals surface area contributed by atoms with Crippen LogP contribution in [0.3, 0.4) is 0 Å². The first-order chi connectivity index (χ1) is 16.4. The fourth-order valence-electron chi connectivity index (χ4n) is 5.30. The Morgan fingerprint density at radius 3 is 2.56 bits per heavy atom. The van der Waals surface area contributed by atoms with Gasteiger partial charge < -0.3 is 16.2 Å². The fourth-order valence-corrected chi connectivity index (χ4v) is 5.30. The quantitative estimate of drug-likeness (QED) is 0.543. The van der Waals surface area contributed by atoms with Gasteiger partial charge >= 0.3 is 0 Å². The standard InChI is InChI=1S/C26H30F2N4O2/c27-11-21(12-28)32-14-19-10-26(19,15-32)18-3-1-16(2-4-18)17-9-23(24(29)30-13-17)25(34)31-20-5-7-22(33)8-6-20/h1-4,9-10,13,20-22,33H,5-8,11-12,14-15H2,(H2,29,30)(H,31,34)/t20?,22?,26-/m1/s1. The number of nitrogens with one attached hydrogen (secondary N) is 1. The molecule has 1 saturated carbocycles. The molecule has 0 spiro atoms. The van der Waals surface area contributed by atoms with E-state index in [1.165, 1.54) is 5.57 Å². The van der Waals surface area contributed by atoms with Crippen LogP contribution in [0.25, 0.3) is 11.1 Å². The lowest BCUT2D eigenvalue weighted by Gasteiger charge is -2.26. The second-order valence-electron chi connectivity index (χ2n) is 9.72. The molecule has 4 N–H and O–H groups in total. The smallest absolute Gasteiger partial charge is 0.255 e. The molecule has 1 amide bonds. The molecular formula is C26H30F2N4O2. The number of carbonyl (C=O) groups is 1. The van der Waals surface area contributed by atoms with Crippen LogP contribution in [-0.2, 0) is 5.41 Å². The highest BCUT2D eigenvalue weighted by molar-refractivity contribution is 5.99. The summed E-state index contributed by atoms with van der Waals surface area (Å²) >= 11 is 0. The maximum Gasteiger partial charge on any atom is 0.255 e. The van der Waals surface area contributed by atoms with Crippen molar-refractivity contribution in [3.05, 3.63) is 59.3 Å². The van der Waals surface area contributed by atoms with E-state index in [2.05, 4.69) is 16.4 Å². The predicted octanol–water partition coefficient (Wildman–Crippen LogP) is 3.17. The van der Waals surface area contributed by atoms with Gasteiger partial charge in [0.05, 0.1) is 17.7 Å². The number of amides is 1. The van der Waals surface area contributed by atoms with E-state index in [0.717, 1.165) is 29.5 Å². The number of nitrogen functional groups attached to an aromatic ring is 1. The lowest BCUT2D eigenvalue weighted by Crippen LogP contribution is -2.39. The molecule has 0 radical (unpaired) electrons. The van der Waals surface area contributed by atoms with Crippen molar-refractivity contribution in [3.63, 3.8) is 0 Å². The summed E-state index contributed by atoms with van der Waals surface area (Å²) in [7, 11) is 0. The number of likely N-dealkylation sites (tertiary alicyclic amines) is 1. The average Bonchev–Trinajstić information content (AvgIpc) is 3.42. The van der Waals surface area contributed by atoms with Crippen LogP contribution in [0.1, 0.15) is 41.6 Å².